The molecule has 3 aromatic rings. The van der Waals surface area contributed by atoms with Gasteiger partial charge in [0.25, 0.3) is 10.0 Å². The minimum Gasteiger partial charge on any atom is -0.309 e. The van der Waals surface area contributed by atoms with Crippen molar-refractivity contribution < 1.29 is 26.8 Å². The summed E-state index contributed by atoms with van der Waals surface area (Å²) in [5.41, 5.74) is 1.54. The molecule has 1 aliphatic carbocycles. The van der Waals surface area contributed by atoms with Crippen LogP contribution in [0, 0.1) is 17.6 Å². The van der Waals surface area contributed by atoms with Crippen molar-refractivity contribution in [2.45, 2.75) is 44.6 Å². The number of rotatable bonds is 9. The van der Waals surface area contributed by atoms with Gasteiger partial charge < -0.3 is 4.90 Å². The van der Waals surface area contributed by atoms with Crippen molar-refractivity contribution in [3.05, 3.63) is 107 Å². The van der Waals surface area contributed by atoms with Gasteiger partial charge in [0.2, 0.25) is 11.8 Å². The minimum absolute atomic E-state index is 0.146. The fourth-order valence-electron chi connectivity index (χ4n) is 4.75. The average molecular weight is 553 g/mol. The van der Waals surface area contributed by atoms with Crippen molar-refractivity contribution in [1.29, 1.82) is 0 Å². The zero-order valence-corrected chi connectivity index (χ0v) is 22.1. The molecule has 1 N–H and O–H groups in total. The molecule has 0 saturated heterocycles. The molecular weight excluding hydrogens is 522 g/mol. The average Bonchev–Trinajstić information content (AvgIpc) is 2.93. The predicted molar refractivity (Wildman–Crippen MR) is 147 cm³/mol. The van der Waals surface area contributed by atoms with E-state index < -0.39 is 39.4 Å². The Bertz CT molecular complexity index is 1400. The summed E-state index contributed by atoms with van der Waals surface area (Å²) in [4.78, 5) is 29.0. The second-order valence-electron chi connectivity index (χ2n) is 9.58. The largest absolute Gasteiger partial charge is 0.309 e. The summed E-state index contributed by atoms with van der Waals surface area (Å²) in [6.45, 7) is 0. The lowest BCUT2D eigenvalue weighted by molar-refractivity contribution is -0.133. The first-order valence-electron chi connectivity index (χ1n) is 12.8. The molecule has 6 nitrogen and oxygen atoms in total. The molecule has 0 bridgehead atoms. The Balaban J connectivity index is 1.66. The van der Waals surface area contributed by atoms with Crippen LogP contribution >= 0.6 is 0 Å². The van der Waals surface area contributed by atoms with Crippen LogP contribution < -0.4 is 9.62 Å². The van der Waals surface area contributed by atoms with E-state index in [0.717, 1.165) is 24.7 Å². The second-order valence-corrected chi connectivity index (χ2v) is 11.2. The summed E-state index contributed by atoms with van der Waals surface area (Å²) in [6.07, 6.45) is 5.41. The number of nitrogens with zero attached hydrogens (tertiary/aromatic N) is 1. The summed E-state index contributed by atoms with van der Waals surface area (Å²) in [6, 6.07) is 19.3. The number of hydrogen-bond acceptors (Lipinski definition) is 4. The molecule has 39 heavy (non-hydrogen) atoms. The van der Waals surface area contributed by atoms with Crippen molar-refractivity contribution in [3.63, 3.8) is 0 Å². The zero-order chi connectivity index (χ0) is 27.8. The number of sulfonamides is 1. The van der Waals surface area contributed by atoms with Gasteiger partial charge in [-0.25, -0.2) is 21.9 Å². The van der Waals surface area contributed by atoms with Crippen molar-refractivity contribution in [1.82, 2.24) is 4.72 Å². The van der Waals surface area contributed by atoms with E-state index in [0.29, 0.717) is 29.7 Å². The van der Waals surface area contributed by atoms with Crippen LogP contribution in [0.15, 0.2) is 84.3 Å². The van der Waals surface area contributed by atoms with E-state index >= 15 is 0 Å². The number of carbonyl (C=O) groups excluding carboxylic acids is 2. The molecule has 0 heterocycles. The van der Waals surface area contributed by atoms with Gasteiger partial charge >= 0.3 is 0 Å². The molecule has 4 rings (SSSR count). The maximum absolute atomic E-state index is 14.1. The topological polar surface area (TPSA) is 83.5 Å². The van der Waals surface area contributed by atoms with Gasteiger partial charge in [0.1, 0.15) is 17.6 Å². The molecule has 3 aromatic carbocycles. The zero-order valence-electron chi connectivity index (χ0n) is 21.3. The maximum Gasteiger partial charge on any atom is 0.257 e. The Labute approximate surface area is 227 Å². The molecule has 204 valence electrons. The van der Waals surface area contributed by atoms with Crippen LogP contribution in [-0.2, 0) is 26.0 Å². The molecule has 1 atom stereocenters. The van der Waals surface area contributed by atoms with E-state index in [4.69, 9.17) is 0 Å². The van der Waals surface area contributed by atoms with E-state index in [1.165, 1.54) is 59.5 Å². The normalized spacial score (nSPS) is 15.1. The van der Waals surface area contributed by atoms with Crippen molar-refractivity contribution in [2.24, 2.45) is 5.92 Å². The van der Waals surface area contributed by atoms with Crippen LogP contribution in [0.1, 0.15) is 43.2 Å². The van der Waals surface area contributed by atoms with Gasteiger partial charge in [0.05, 0.1) is 5.41 Å². The first-order chi connectivity index (χ1) is 18.7. The summed E-state index contributed by atoms with van der Waals surface area (Å²) < 4.78 is 54.8. The summed E-state index contributed by atoms with van der Waals surface area (Å²) in [7, 11) is -4.24. The fraction of sp³-hybridized carbons (Fsp3) is 0.267. The van der Waals surface area contributed by atoms with Gasteiger partial charge in [-0.15, -0.1) is 0 Å². The highest BCUT2D eigenvalue weighted by atomic mass is 32.2. The number of amides is 2. The molecule has 0 aromatic heterocycles. The summed E-state index contributed by atoms with van der Waals surface area (Å²) in [5.74, 6) is -3.97. The van der Waals surface area contributed by atoms with Crippen molar-refractivity contribution in [2.75, 3.05) is 4.90 Å². The van der Waals surface area contributed by atoms with E-state index in [1.807, 2.05) is 4.72 Å². The van der Waals surface area contributed by atoms with Crippen LogP contribution in [0.2, 0.25) is 0 Å². The third-order valence-electron chi connectivity index (χ3n) is 6.73. The van der Waals surface area contributed by atoms with Crippen molar-refractivity contribution in [3.8, 4) is 0 Å². The van der Waals surface area contributed by atoms with E-state index in [1.54, 1.807) is 30.3 Å². The predicted octanol–water partition coefficient (Wildman–Crippen LogP) is 5.61. The summed E-state index contributed by atoms with van der Waals surface area (Å²) >= 11 is 0. The lowest BCUT2D eigenvalue weighted by Gasteiger charge is -2.36. The van der Waals surface area contributed by atoms with Crippen LogP contribution in [0.5, 0.6) is 0 Å². The highest BCUT2D eigenvalue weighted by molar-refractivity contribution is 7.93. The van der Waals surface area contributed by atoms with Gasteiger partial charge in [-0.1, -0.05) is 61.7 Å². The summed E-state index contributed by atoms with van der Waals surface area (Å²) in [5, 5.41) is 0.874. The standard InChI is InChI=1S/C30H30F2N2O4S/c31-24-13-11-23(12-14-24)21-28(29(35)33-39(37,38)20-19-22-7-3-1-4-8-22)30(36)34(26-9-5-2-6-10-26)27-17-15-25(32)16-18-27/h1,3-4,7-8,11-20,26,28H,2,5-6,9-10,21H2,(H,33,35)/b20-19+. The number of anilines is 1. The van der Waals surface area contributed by atoms with Gasteiger partial charge in [0, 0.05) is 11.7 Å². The SMILES string of the molecule is O=C(NS(=O)(=O)/C=C/c1ccccc1)C(Cc1ccc(F)cc1)C(=O)N(c1ccc(F)cc1)C1CCCCC1. The molecule has 1 aliphatic rings. The molecule has 1 unspecified atom stereocenters. The Kier molecular flexibility index (Phi) is 9.24. The fourth-order valence-corrected chi connectivity index (χ4v) is 5.58. The molecule has 0 radical (unpaired) electrons. The highest BCUT2D eigenvalue weighted by Crippen LogP contribution is 2.30. The quantitative estimate of drug-likeness (QED) is 0.350. The van der Waals surface area contributed by atoms with Crippen LogP contribution in [-0.4, -0.2) is 26.3 Å². The lowest BCUT2D eigenvalue weighted by atomic mass is 9.91. The molecule has 1 fully saturated rings. The molecular formula is C30H30F2N2O4S. The number of carbonyl (C=O) groups is 2. The first kappa shape index (κ1) is 28.2. The third-order valence-corrected chi connectivity index (χ3v) is 7.71. The van der Waals surface area contributed by atoms with E-state index in [-0.39, 0.29) is 12.5 Å². The van der Waals surface area contributed by atoms with Crippen LogP contribution in [0.25, 0.3) is 6.08 Å². The van der Waals surface area contributed by atoms with Gasteiger partial charge in [-0.05, 0) is 72.9 Å². The maximum atomic E-state index is 14.1. The molecule has 2 amide bonds. The first-order valence-corrected chi connectivity index (χ1v) is 14.4. The molecule has 0 aliphatic heterocycles. The third kappa shape index (κ3) is 7.83. The van der Waals surface area contributed by atoms with Gasteiger partial charge in [-0.3, -0.25) is 9.59 Å². The van der Waals surface area contributed by atoms with Gasteiger partial charge in [0.15, 0.2) is 0 Å². The monoisotopic (exact) mass is 552 g/mol. The second kappa shape index (κ2) is 12.8. The Morgan fingerprint density at radius 1 is 0.872 bits per heavy atom. The van der Waals surface area contributed by atoms with Crippen LogP contribution in [0.4, 0.5) is 14.5 Å². The molecule has 1 saturated carbocycles. The number of hydrogen-bond donors (Lipinski definition) is 1. The van der Waals surface area contributed by atoms with Crippen LogP contribution in [0.3, 0.4) is 0 Å². The Morgan fingerprint density at radius 3 is 2.08 bits per heavy atom. The smallest absolute Gasteiger partial charge is 0.257 e. The highest BCUT2D eigenvalue weighted by Gasteiger charge is 2.37. The van der Waals surface area contributed by atoms with E-state index in [9.17, 15) is 26.8 Å². The van der Waals surface area contributed by atoms with Gasteiger partial charge in [-0.2, -0.15) is 0 Å². The number of benzene rings is 3. The van der Waals surface area contributed by atoms with Crippen molar-refractivity contribution >= 4 is 33.6 Å². The molecule has 0 spiro atoms. The minimum atomic E-state index is -4.24. The number of nitrogens with one attached hydrogen (secondary N) is 1. The number of halogens is 2. The molecule has 9 heteroatoms. The lowest BCUT2D eigenvalue weighted by Crippen LogP contribution is -2.50. The Morgan fingerprint density at radius 2 is 1.46 bits per heavy atom. The Hall–Kier alpha value is -3.85. The van der Waals surface area contributed by atoms with E-state index in [2.05, 4.69) is 0 Å².